The molecule has 0 fully saturated rings. The molecule has 0 radical (unpaired) electrons. The zero-order valence-electron chi connectivity index (χ0n) is 15.7. The lowest BCUT2D eigenvalue weighted by atomic mass is 10.2. The van der Waals surface area contributed by atoms with Crippen LogP contribution in [0, 0.1) is 0 Å². The van der Waals surface area contributed by atoms with Gasteiger partial charge in [0.1, 0.15) is 6.10 Å². The van der Waals surface area contributed by atoms with Crippen molar-refractivity contribution in [1.29, 1.82) is 0 Å². The summed E-state index contributed by atoms with van der Waals surface area (Å²) in [6.45, 7) is 2.06. The summed E-state index contributed by atoms with van der Waals surface area (Å²) in [6.07, 6.45) is 28.7. The Morgan fingerprint density at radius 1 is 0.885 bits per heavy atom. The molecular formula is C22H32O4. The number of hydrogen-bond acceptors (Lipinski definition) is 3. The second-order valence-corrected chi connectivity index (χ2v) is 5.63. The summed E-state index contributed by atoms with van der Waals surface area (Å²) in [4.78, 5) is 14.7. The molecule has 4 heteroatoms. The van der Waals surface area contributed by atoms with Crippen LogP contribution in [0.1, 0.15) is 51.9 Å². The molecule has 0 aromatic rings. The van der Waals surface area contributed by atoms with Crippen LogP contribution in [0.4, 0.5) is 0 Å². The number of carbonyl (C=O) groups is 1. The topological polar surface area (TPSA) is 66.8 Å². The van der Waals surface area contributed by atoms with E-state index in [-0.39, 0.29) is 12.5 Å². The van der Waals surface area contributed by atoms with E-state index in [0.29, 0.717) is 12.8 Å². The van der Waals surface area contributed by atoms with E-state index in [0.717, 1.165) is 25.7 Å². The predicted molar refractivity (Wildman–Crippen MR) is 108 cm³/mol. The van der Waals surface area contributed by atoms with Crippen molar-refractivity contribution in [3.8, 4) is 0 Å². The van der Waals surface area contributed by atoms with Crippen LogP contribution < -0.4 is 0 Å². The van der Waals surface area contributed by atoms with Crippen LogP contribution >= 0.6 is 0 Å². The van der Waals surface area contributed by atoms with E-state index in [2.05, 4.69) is 36.1 Å². The van der Waals surface area contributed by atoms with E-state index in [1.807, 2.05) is 48.6 Å². The smallest absolute Gasteiger partial charge is 0.303 e. The first-order valence-electron chi connectivity index (χ1n) is 9.16. The molecule has 0 aromatic carbocycles. The minimum atomic E-state index is -0.759. The normalized spacial score (nSPS) is 14.2. The van der Waals surface area contributed by atoms with Gasteiger partial charge in [0.25, 0.3) is 0 Å². The molecule has 144 valence electrons. The molecule has 26 heavy (non-hydrogen) atoms. The van der Waals surface area contributed by atoms with Crippen molar-refractivity contribution >= 4 is 5.97 Å². The van der Waals surface area contributed by atoms with E-state index in [9.17, 15) is 4.79 Å². The SMILES string of the molecule is CCC=CC[C@@H](C=CC=CCC=CCC=CCC=CCCC(=O)O)OO. The molecular weight excluding hydrogens is 328 g/mol. The van der Waals surface area contributed by atoms with Crippen molar-refractivity contribution in [2.24, 2.45) is 0 Å². The predicted octanol–water partition coefficient (Wildman–Crippen LogP) is 6.02. The molecule has 0 aromatic heterocycles. The van der Waals surface area contributed by atoms with Gasteiger partial charge >= 0.3 is 5.97 Å². The maximum atomic E-state index is 10.3. The van der Waals surface area contributed by atoms with E-state index >= 15 is 0 Å². The standard InChI is InChI=1S/C22H32O4/c1-2-3-15-18-21(26-25)19-16-13-11-9-7-5-4-6-8-10-12-14-17-20-22(23)24/h3,5-8,11-16,19,21,25H,2,4,9-10,17-18,20H2,1H3,(H,23,24)/t21-/m0/s1. The summed E-state index contributed by atoms with van der Waals surface area (Å²) in [5.41, 5.74) is 0. The molecule has 0 aliphatic carbocycles. The van der Waals surface area contributed by atoms with Crippen LogP contribution in [-0.2, 0) is 9.68 Å². The Hall–Kier alpha value is -2.17. The fraction of sp³-hybridized carbons (Fsp3) is 0.409. The first kappa shape index (κ1) is 23.8. The van der Waals surface area contributed by atoms with Gasteiger partial charge in [-0.15, -0.1) is 0 Å². The van der Waals surface area contributed by atoms with Crippen molar-refractivity contribution < 1.29 is 20.0 Å². The lowest BCUT2D eigenvalue weighted by Crippen LogP contribution is -2.04. The van der Waals surface area contributed by atoms with E-state index in [4.69, 9.17) is 10.4 Å². The molecule has 0 saturated heterocycles. The first-order chi connectivity index (χ1) is 12.7. The third-order valence-corrected chi connectivity index (χ3v) is 3.32. The lowest BCUT2D eigenvalue weighted by Gasteiger charge is -2.03. The Morgan fingerprint density at radius 2 is 1.50 bits per heavy atom. The van der Waals surface area contributed by atoms with Crippen LogP contribution in [0.3, 0.4) is 0 Å². The molecule has 0 saturated carbocycles. The average Bonchev–Trinajstić information content (AvgIpc) is 2.63. The highest BCUT2D eigenvalue weighted by Gasteiger charge is 1.99. The van der Waals surface area contributed by atoms with Gasteiger partial charge in [-0.1, -0.05) is 79.8 Å². The van der Waals surface area contributed by atoms with Crippen molar-refractivity contribution in [2.45, 2.75) is 58.0 Å². The molecule has 0 heterocycles. The van der Waals surface area contributed by atoms with Gasteiger partial charge in [-0.25, -0.2) is 4.89 Å². The molecule has 0 bridgehead atoms. The van der Waals surface area contributed by atoms with Gasteiger partial charge in [-0.2, -0.15) is 0 Å². The maximum Gasteiger partial charge on any atom is 0.303 e. The number of rotatable bonds is 15. The van der Waals surface area contributed by atoms with Crippen LogP contribution in [0.15, 0.2) is 72.9 Å². The highest BCUT2D eigenvalue weighted by molar-refractivity contribution is 5.66. The summed E-state index contributed by atoms with van der Waals surface area (Å²) in [5.74, 6) is -0.759. The van der Waals surface area contributed by atoms with Crippen molar-refractivity contribution in [1.82, 2.24) is 0 Å². The minimum Gasteiger partial charge on any atom is -0.481 e. The number of aliphatic carboxylic acids is 1. The van der Waals surface area contributed by atoms with Gasteiger partial charge in [0.2, 0.25) is 0 Å². The van der Waals surface area contributed by atoms with Crippen LogP contribution in [0.2, 0.25) is 0 Å². The zero-order chi connectivity index (χ0) is 19.3. The molecule has 0 aliphatic rings. The minimum absolute atomic E-state index is 0.190. The Kier molecular flexibility index (Phi) is 17.6. The van der Waals surface area contributed by atoms with Gasteiger partial charge in [0.05, 0.1) is 0 Å². The molecule has 4 nitrogen and oxygen atoms in total. The lowest BCUT2D eigenvalue weighted by molar-refractivity contribution is -0.264. The second kappa shape index (κ2) is 19.2. The Bertz CT molecular complexity index is 510. The average molecular weight is 360 g/mol. The molecule has 0 unspecified atom stereocenters. The molecule has 0 rings (SSSR count). The van der Waals surface area contributed by atoms with Crippen molar-refractivity contribution in [3.63, 3.8) is 0 Å². The monoisotopic (exact) mass is 360 g/mol. The Morgan fingerprint density at radius 3 is 2.08 bits per heavy atom. The number of allylic oxidation sites excluding steroid dienone is 10. The summed E-state index contributed by atoms with van der Waals surface area (Å²) in [5, 5.41) is 17.3. The third kappa shape index (κ3) is 18.2. The van der Waals surface area contributed by atoms with Gasteiger partial charge in [-0.05, 0) is 38.5 Å². The fourth-order valence-electron chi connectivity index (χ4n) is 1.94. The highest BCUT2D eigenvalue weighted by Crippen LogP contribution is 2.02. The molecule has 0 spiro atoms. The molecule has 0 amide bonds. The van der Waals surface area contributed by atoms with Gasteiger partial charge in [0.15, 0.2) is 0 Å². The van der Waals surface area contributed by atoms with Crippen molar-refractivity contribution in [2.75, 3.05) is 0 Å². The quantitative estimate of drug-likeness (QED) is 0.162. The Labute approximate surface area is 157 Å². The first-order valence-corrected chi connectivity index (χ1v) is 9.16. The second-order valence-electron chi connectivity index (χ2n) is 5.63. The van der Waals surface area contributed by atoms with Gasteiger partial charge in [-0.3, -0.25) is 10.1 Å². The zero-order valence-corrected chi connectivity index (χ0v) is 15.7. The van der Waals surface area contributed by atoms with Gasteiger partial charge in [0, 0.05) is 6.42 Å². The van der Waals surface area contributed by atoms with E-state index < -0.39 is 5.97 Å². The molecule has 0 aliphatic heterocycles. The summed E-state index contributed by atoms with van der Waals surface area (Å²) >= 11 is 0. The summed E-state index contributed by atoms with van der Waals surface area (Å²) in [6, 6.07) is 0. The summed E-state index contributed by atoms with van der Waals surface area (Å²) < 4.78 is 0. The number of carboxylic acids is 1. The van der Waals surface area contributed by atoms with Gasteiger partial charge < -0.3 is 5.11 Å². The Balaban J connectivity index is 3.77. The van der Waals surface area contributed by atoms with Crippen LogP contribution in [0.5, 0.6) is 0 Å². The van der Waals surface area contributed by atoms with Crippen LogP contribution in [-0.4, -0.2) is 22.4 Å². The molecule has 1 atom stereocenters. The van der Waals surface area contributed by atoms with Crippen molar-refractivity contribution in [3.05, 3.63) is 72.9 Å². The third-order valence-electron chi connectivity index (χ3n) is 3.32. The molecule has 2 N–H and O–H groups in total. The maximum absolute atomic E-state index is 10.3. The van der Waals surface area contributed by atoms with Crippen LogP contribution in [0.25, 0.3) is 0 Å². The fourth-order valence-corrected chi connectivity index (χ4v) is 1.94. The van der Waals surface area contributed by atoms with E-state index in [1.54, 1.807) is 0 Å². The van der Waals surface area contributed by atoms with E-state index in [1.165, 1.54) is 0 Å². The number of hydrogen-bond donors (Lipinski definition) is 2. The number of carboxylic acid groups (broad SMARTS) is 1. The highest BCUT2D eigenvalue weighted by atomic mass is 17.1. The largest absolute Gasteiger partial charge is 0.481 e. The summed E-state index contributed by atoms with van der Waals surface area (Å²) in [7, 11) is 0.